The highest BCUT2D eigenvalue weighted by molar-refractivity contribution is 6.31. The maximum atomic E-state index is 14.6. The van der Waals surface area contributed by atoms with Crippen molar-refractivity contribution in [2.45, 2.75) is 18.9 Å². The maximum absolute atomic E-state index is 14.6. The third kappa shape index (κ3) is 2.85. The number of nitrogens with zero attached hydrogens (tertiary/aromatic N) is 4. The molecule has 0 radical (unpaired) electrons. The Balaban J connectivity index is 1.64. The number of para-hydroxylation sites is 2. The highest BCUT2D eigenvalue weighted by atomic mass is 35.5. The van der Waals surface area contributed by atoms with Gasteiger partial charge in [-0.15, -0.1) is 0 Å². The summed E-state index contributed by atoms with van der Waals surface area (Å²) in [6.45, 7) is 2.05. The normalized spacial score (nSPS) is 18.1. The number of hydrogen-bond donors (Lipinski definition) is 1. The number of amides is 1. The second kappa shape index (κ2) is 8.01. The number of fused-ring (bicyclic) bond motifs is 4. The van der Waals surface area contributed by atoms with Crippen LogP contribution < -0.4 is 15.4 Å². The van der Waals surface area contributed by atoms with Crippen molar-refractivity contribution in [2.24, 2.45) is 5.73 Å². The van der Waals surface area contributed by atoms with Crippen LogP contribution in [0.15, 0.2) is 90.3 Å². The van der Waals surface area contributed by atoms with Gasteiger partial charge in [0.25, 0.3) is 0 Å². The molecule has 8 heteroatoms. The maximum Gasteiger partial charge on any atom is 0.248 e. The molecule has 1 atom stereocenters. The van der Waals surface area contributed by atoms with Gasteiger partial charge in [0.1, 0.15) is 17.1 Å². The number of nitrogens with two attached hydrogens (primary N) is 1. The van der Waals surface area contributed by atoms with Crippen LogP contribution in [-0.2, 0) is 16.8 Å². The Bertz CT molecular complexity index is 1620. The molecule has 0 aliphatic carbocycles. The Morgan fingerprint density at radius 1 is 1.06 bits per heavy atom. The monoisotopic (exact) mass is 493 g/mol. The zero-order valence-corrected chi connectivity index (χ0v) is 20.0. The molecule has 2 N–H and O–H groups in total. The Labute approximate surface area is 212 Å². The number of halogens is 1. The molecule has 6 rings (SSSR count). The first-order valence-electron chi connectivity index (χ1n) is 11.4. The summed E-state index contributed by atoms with van der Waals surface area (Å²) in [5.41, 5.74) is 8.86. The van der Waals surface area contributed by atoms with Crippen LogP contribution in [0.4, 0.5) is 5.69 Å². The summed E-state index contributed by atoms with van der Waals surface area (Å²) in [6, 6.07) is 26.5. The first-order chi connectivity index (χ1) is 17.5. The Morgan fingerprint density at radius 3 is 2.50 bits per heavy atom. The van der Waals surface area contributed by atoms with E-state index < -0.39 is 5.41 Å². The van der Waals surface area contributed by atoms with Crippen molar-refractivity contribution < 1.29 is 9.53 Å². The van der Waals surface area contributed by atoms with Crippen molar-refractivity contribution in [3.63, 3.8) is 0 Å². The summed E-state index contributed by atoms with van der Waals surface area (Å²) < 4.78 is 7.63. The number of carbonyl (C=O) groups excluding carboxylic acids is 1. The number of aryl methyl sites for hydroxylation is 1. The summed E-state index contributed by atoms with van der Waals surface area (Å²) in [5.74, 6) is -0.105. The lowest BCUT2D eigenvalue weighted by Gasteiger charge is -2.33. The molecule has 0 fully saturated rings. The summed E-state index contributed by atoms with van der Waals surface area (Å²) >= 11 is 6.46. The van der Waals surface area contributed by atoms with E-state index >= 15 is 0 Å². The molecule has 4 aromatic rings. The van der Waals surface area contributed by atoms with Crippen molar-refractivity contribution in [3.05, 3.63) is 118 Å². The molecule has 2 aliphatic heterocycles. The molecule has 1 aromatic heterocycles. The number of rotatable bonds is 3. The average molecular weight is 494 g/mol. The van der Waals surface area contributed by atoms with Gasteiger partial charge in [-0.05, 0) is 36.8 Å². The number of hydrogen-bond acceptors (Lipinski definition) is 5. The van der Waals surface area contributed by atoms with Crippen LogP contribution in [0.2, 0.25) is 5.02 Å². The topological polar surface area (TPSA) is 97.2 Å². The molecule has 2 aliphatic rings. The Morgan fingerprint density at radius 2 is 1.75 bits per heavy atom. The number of anilines is 1. The van der Waals surface area contributed by atoms with Gasteiger partial charge in [0.15, 0.2) is 0 Å². The fourth-order valence-corrected chi connectivity index (χ4v) is 5.47. The summed E-state index contributed by atoms with van der Waals surface area (Å²) in [5, 5.41) is 15.6. The Kier molecular flexibility index (Phi) is 4.88. The molecule has 0 saturated carbocycles. The van der Waals surface area contributed by atoms with Gasteiger partial charge in [-0.1, -0.05) is 66.2 Å². The fraction of sp³-hybridized carbons (Fsp3) is 0.107. The third-order valence-electron chi connectivity index (χ3n) is 6.78. The standard InChI is InChI=1S/C28H20ClN5O2/c1-17-24-26(34(32-17)19-10-3-2-4-11-19)36-25(31)21(15-30)28(24)20-12-6-8-14-23(20)33(27(28)35)16-18-9-5-7-13-22(18)29/h2-14H,16,31H2,1H3/t28-/m0/s1. The minimum Gasteiger partial charge on any atom is -0.422 e. The van der Waals surface area contributed by atoms with Crippen LogP contribution in [0.3, 0.4) is 0 Å². The van der Waals surface area contributed by atoms with Crippen molar-refractivity contribution in [1.82, 2.24) is 9.78 Å². The molecule has 176 valence electrons. The van der Waals surface area contributed by atoms with Crippen molar-refractivity contribution in [2.75, 3.05) is 4.90 Å². The van der Waals surface area contributed by atoms with E-state index in [0.717, 1.165) is 11.3 Å². The Hall–Kier alpha value is -4.54. The van der Waals surface area contributed by atoms with Gasteiger partial charge in [0, 0.05) is 16.3 Å². The van der Waals surface area contributed by atoms with Crippen LogP contribution in [0, 0.1) is 18.3 Å². The number of nitriles is 1. The van der Waals surface area contributed by atoms with Crippen molar-refractivity contribution in [3.8, 4) is 17.6 Å². The lowest BCUT2D eigenvalue weighted by Crippen LogP contribution is -2.46. The van der Waals surface area contributed by atoms with Gasteiger partial charge in [0.05, 0.1) is 23.5 Å². The van der Waals surface area contributed by atoms with Crippen molar-refractivity contribution >= 4 is 23.2 Å². The van der Waals surface area contributed by atoms with Crippen LogP contribution in [0.1, 0.15) is 22.4 Å². The molecule has 3 aromatic carbocycles. The molecule has 0 bridgehead atoms. The summed E-state index contributed by atoms with van der Waals surface area (Å²) in [4.78, 5) is 16.2. The van der Waals surface area contributed by atoms with Gasteiger partial charge in [0.2, 0.25) is 17.7 Å². The van der Waals surface area contributed by atoms with Gasteiger partial charge >= 0.3 is 0 Å². The average Bonchev–Trinajstić information content (AvgIpc) is 3.34. The SMILES string of the molecule is Cc1nn(-c2ccccc2)c2c1[C@@]1(C(=O)N(Cc3ccccc3Cl)c3ccccc31)C(C#N)=C(N)O2. The lowest BCUT2D eigenvalue weighted by molar-refractivity contribution is -0.121. The molecule has 1 amide bonds. The second-order valence-corrected chi connectivity index (χ2v) is 9.12. The lowest BCUT2D eigenvalue weighted by atomic mass is 9.69. The molecule has 3 heterocycles. The van der Waals surface area contributed by atoms with Crippen LogP contribution >= 0.6 is 11.6 Å². The largest absolute Gasteiger partial charge is 0.422 e. The number of carbonyl (C=O) groups is 1. The number of aromatic nitrogens is 2. The zero-order valence-electron chi connectivity index (χ0n) is 19.3. The molecule has 1 spiro atoms. The first kappa shape index (κ1) is 22.0. The van der Waals surface area contributed by atoms with E-state index in [1.165, 1.54) is 0 Å². The van der Waals surface area contributed by atoms with Crippen LogP contribution in [0.5, 0.6) is 5.88 Å². The van der Waals surface area contributed by atoms with Gasteiger partial charge in [-0.25, -0.2) is 4.68 Å². The van der Waals surface area contributed by atoms with Gasteiger partial charge in [-0.3, -0.25) is 4.79 Å². The first-order valence-corrected chi connectivity index (χ1v) is 11.7. The van der Waals surface area contributed by atoms with E-state index in [-0.39, 0.29) is 23.9 Å². The van der Waals surface area contributed by atoms with Gasteiger partial charge < -0.3 is 15.4 Å². The molecule has 36 heavy (non-hydrogen) atoms. The van der Waals surface area contributed by atoms with Gasteiger partial charge in [-0.2, -0.15) is 10.4 Å². The van der Waals surface area contributed by atoms with Crippen LogP contribution in [-0.4, -0.2) is 15.7 Å². The third-order valence-corrected chi connectivity index (χ3v) is 7.15. The molecule has 0 saturated heterocycles. The van der Waals surface area contributed by atoms with E-state index in [9.17, 15) is 10.1 Å². The van der Waals surface area contributed by atoms with E-state index in [2.05, 4.69) is 6.07 Å². The highest BCUT2D eigenvalue weighted by Crippen LogP contribution is 2.56. The molecule has 7 nitrogen and oxygen atoms in total. The molecular weight excluding hydrogens is 474 g/mol. The van der Waals surface area contributed by atoms with Crippen LogP contribution in [0.25, 0.3) is 5.69 Å². The quantitative estimate of drug-likeness (QED) is 0.444. The van der Waals surface area contributed by atoms with E-state index in [4.69, 9.17) is 27.2 Å². The number of ether oxygens (including phenoxy) is 1. The van der Waals surface area contributed by atoms with Crippen molar-refractivity contribution in [1.29, 1.82) is 5.26 Å². The fourth-order valence-electron chi connectivity index (χ4n) is 5.27. The minimum absolute atomic E-state index is 0.0461. The van der Waals surface area contributed by atoms with E-state index in [1.54, 1.807) is 15.6 Å². The molecular formula is C28H20ClN5O2. The predicted molar refractivity (Wildman–Crippen MR) is 136 cm³/mol. The molecule has 0 unspecified atom stereocenters. The van der Waals surface area contributed by atoms with E-state index in [1.807, 2.05) is 79.7 Å². The van der Waals surface area contributed by atoms with E-state index in [0.29, 0.717) is 33.4 Å². The predicted octanol–water partition coefficient (Wildman–Crippen LogP) is 4.75. The smallest absolute Gasteiger partial charge is 0.248 e. The highest BCUT2D eigenvalue weighted by Gasteiger charge is 2.61. The summed E-state index contributed by atoms with van der Waals surface area (Å²) in [7, 11) is 0. The zero-order chi connectivity index (χ0) is 25.0. The summed E-state index contributed by atoms with van der Waals surface area (Å²) in [6.07, 6.45) is 0. The number of benzene rings is 3. The second-order valence-electron chi connectivity index (χ2n) is 8.72. The minimum atomic E-state index is -1.50.